The average molecular weight is 422 g/mol. The van der Waals surface area contributed by atoms with Gasteiger partial charge in [-0.1, -0.05) is 103 Å². The van der Waals surface area contributed by atoms with Crippen molar-refractivity contribution in [2.75, 3.05) is 5.32 Å². The van der Waals surface area contributed by atoms with Crippen LogP contribution >= 0.6 is 0 Å². The van der Waals surface area contributed by atoms with Gasteiger partial charge in [0.05, 0.1) is 5.41 Å². The molecule has 1 heteroatoms. The first-order valence-corrected chi connectivity index (χ1v) is 11.6. The summed E-state index contributed by atoms with van der Waals surface area (Å²) in [4.78, 5) is 0. The lowest BCUT2D eigenvalue weighted by molar-refractivity contribution is 0.795. The lowest BCUT2D eigenvalue weighted by Crippen LogP contribution is -2.25. The molecule has 1 nitrogen and oxygen atoms in total. The van der Waals surface area contributed by atoms with Gasteiger partial charge in [0.15, 0.2) is 0 Å². The highest BCUT2D eigenvalue weighted by Crippen LogP contribution is 2.63. The summed E-state index contributed by atoms with van der Waals surface area (Å²) < 4.78 is 0. The van der Waals surface area contributed by atoms with Gasteiger partial charge in [-0.15, -0.1) is 0 Å². The van der Waals surface area contributed by atoms with Crippen LogP contribution in [-0.4, -0.2) is 0 Å². The van der Waals surface area contributed by atoms with Crippen molar-refractivity contribution in [1.82, 2.24) is 0 Å². The Hall–Kier alpha value is -4.10. The number of hydrogen-bond acceptors (Lipinski definition) is 1. The van der Waals surface area contributed by atoms with Crippen molar-refractivity contribution in [3.63, 3.8) is 0 Å². The molecule has 0 heterocycles. The molecule has 4 aromatic carbocycles. The van der Waals surface area contributed by atoms with Crippen molar-refractivity contribution >= 4 is 11.3 Å². The Morgan fingerprint density at radius 2 is 1.09 bits per heavy atom. The molecule has 0 amide bonds. The summed E-state index contributed by atoms with van der Waals surface area (Å²) in [7, 11) is 0. The van der Waals surface area contributed by atoms with Gasteiger partial charge in [-0.25, -0.2) is 0 Å². The highest BCUT2D eigenvalue weighted by Gasteiger charge is 2.53. The van der Waals surface area contributed by atoms with E-state index in [4.69, 9.17) is 0 Å². The van der Waals surface area contributed by atoms with E-state index in [2.05, 4.69) is 127 Å². The van der Waals surface area contributed by atoms with Crippen molar-refractivity contribution in [2.45, 2.75) is 11.8 Å². The predicted octanol–water partition coefficient (Wildman–Crippen LogP) is 7.72. The summed E-state index contributed by atoms with van der Waals surface area (Å²) in [5.74, 6) is 0. The summed E-state index contributed by atoms with van der Waals surface area (Å²) in [6.07, 6.45) is 7.93. The van der Waals surface area contributed by atoms with E-state index in [1.807, 2.05) is 0 Å². The third kappa shape index (κ3) is 2.48. The van der Waals surface area contributed by atoms with E-state index in [0.717, 1.165) is 12.1 Å². The number of nitrogens with one attached hydrogen (secondary N) is 1. The molecule has 0 aromatic heterocycles. The molecular formula is C32H23N. The largest absolute Gasteiger partial charge is 0.359 e. The first-order valence-electron chi connectivity index (χ1n) is 11.6. The van der Waals surface area contributed by atoms with E-state index in [1.165, 1.54) is 50.2 Å². The van der Waals surface area contributed by atoms with Crippen LogP contribution in [-0.2, 0) is 5.41 Å². The summed E-state index contributed by atoms with van der Waals surface area (Å²) in [5.41, 5.74) is 13.0. The normalized spacial score (nSPS) is 16.5. The Kier molecular flexibility index (Phi) is 3.89. The van der Waals surface area contributed by atoms with Crippen LogP contribution in [0.4, 0.5) is 5.69 Å². The van der Waals surface area contributed by atoms with Crippen molar-refractivity contribution in [2.24, 2.45) is 0 Å². The van der Waals surface area contributed by atoms with Crippen molar-refractivity contribution in [1.29, 1.82) is 0 Å². The molecule has 0 aliphatic heterocycles. The zero-order valence-corrected chi connectivity index (χ0v) is 18.3. The lowest BCUT2D eigenvalue weighted by Gasteiger charge is -2.30. The standard InChI is InChI=1S/C32H23N/c1-2-10-22(11-3-1)33-23-18-20-27-26-14-6-9-17-30(26)32(31(27)21-19-23)28-15-7-4-12-24(28)25-13-5-8-16-29(25)32/h1-17,19-21,33H,18H2. The third-order valence-corrected chi connectivity index (χ3v) is 7.32. The first-order chi connectivity index (χ1) is 16.4. The molecule has 0 saturated heterocycles. The molecule has 3 aliphatic rings. The van der Waals surface area contributed by atoms with E-state index in [-0.39, 0.29) is 5.41 Å². The van der Waals surface area contributed by atoms with Crippen molar-refractivity contribution in [3.05, 3.63) is 155 Å². The van der Waals surface area contributed by atoms with Gasteiger partial charge in [-0.3, -0.25) is 0 Å². The van der Waals surface area contributed by atoms with E-state index in [9.17, 15) is 0 Å². The number of fused-ring (bicyclic) bond motifs is 10. The number of benzene rings is 4. The first kappa shape index (κ1) is 18.5. The average Bonchev–Trinajstić information content (AvgIpc) is 3.22. The molecule has 3 aliphatic carbocycles. The Bertz CT molecular complexity index is 1460. The second-order valence-electron chi connectivity index (χ2n) is 8.97. The number of hydrogen-bond donors (Lipinski definition) is 1. The quantitative estimate of drug-likeness (QED) is 0.349. The predicted molar refractivity (Wildman–Crippen MR) is 137 cm³/mol. The molecule has 1 spiro atoms. The fraction of sp³-hybridized carbons (Fsp3) is 0.0625. The van der Waals surface area contributed by atoms with Gasteiger partial charge in [0.1, 0.15) is 0 Å². The monoisotopic (exact) mass is 421 g/mol. The lowest BCUT2D eigenvalue weighted by atomic mass is 9.70. The minimum absolute atomic E-state index is 0.270. The van der Waals surface area contributed by atoms with Crippen LogP contribution in [0.3, 0.4) is 0 Å². The van der Waals surface area contributed by atoms with Gasteiger partial charge < -0.3 is 5.32 Å². The second-order valence-corrected chi connectivity index (χ2v) is 8.97. The Labute approximate surface area is 194 Å². The van der Waals surface area contributed by atoms with Crippen LogP contribution in [0.5, 0.6) is 0 Å². The van der Waals surface area contributed by atoms with Gasteiger partial charge in [0, 0.05) is 17.8 Å². The molecular weight excluding hydrogens is 398 g/mol. The molecule has 7 rings (SSSR count). The summed E-state index contributed by atoms with van der Waals surface area (Å²) >= 11 is 0. The highest BCUT2D eigenvalue weighted by atomic mass is 14.9. The molecule has 33 heavy (non-hydrogen) atoms. The molecule has 0 unspecified atom stereocenters. The summed E-state index contributed by atoms with van der Waals surface area (Å²) in [5, 5.41) is 3.62. The van der Waals surface area contributed by atoms with Crippen LogP contribution in [0.1, 0.15) is 28.7 Å². The Balaban J connectivity index is 1.50. The number of allylic oxidation sites excluding steroid dienone is 5. The van der Waals surface area contributed by atoms with Gasteiger partial charge in [0.2, 0.25) is 0 Å². The van der Waals surface area contributed by atoms with Crippen LogP contribution in [0.2, 0.25) is 0 Å². The Morgan fingerprint density at radius 3 is 1.76 bits per heavy atom. The summed E-state index contributed by atoms with van der Waals surface area (Å²) in [6.45, 7) is 0. The second kappa shape index (κ2) is 6.95. The van der Waals surface area contributed by atoms with Gasteiger partial charge in [-0.05, 0) is 62.7 Å². The van der Waals surface area contributed by atoms with Crippen LogP contribution < -0.4 is 5.32 Å². The molecule has 156 valence electrons. The van der Waals surface area contributed by atoms with E-state index in [1.54, 1.807) is 0 Å². The molecule has 0 bridgehead atoms. The Morgan fingerprint density at radius 1 is 0.545 bits per heavy atom. The zero-order valence-electron chi connectivity index (χ0n) is 18.3. The maximum Gasteiger partial charge on any atom is 0.0725 e. The highest BCUT2D eigenvalue weighted by molar-refractivity contribution is 6.00. The maximum atomic E-state index is 3.62. The van der Waals surface area contributed by atoms with Gasteiger partial charge in [0.25, 0.3) is 0 Å². The number of rotatable bonds is 2. The molecule has 1 N–H and O–H groups in total. The molecule has 0 fully saturated rings. The minimum atomic E-state index is -0.270. The fourth-order valence-electron chi connectivity index (χ4n) is 6.05. The minimum Gasteiger partial charge on any atom is -0.359 e. The number of anilines is 1. The van der Waals surface area contributed by atoms with E-state index < -0.39 is 0 Å². The molecule has 0 saturated carbocycles. The van der Waals surface area contributed by atoms with Crippen LogP contribution in [0.25, 0.3) is 16.7 Å². The topological polar surface area (TPSA) is 12.0 Å². The molecule has 0 radical (unpaired) electrons. The zero-order chi connectivity index (χ0) is 21.8. The molecule has 0 atom stereocenters. The molecule has 4 aromatic rings. The van der Waals surface area contributed by atoms with Crippen LogP contribution in [0, 0.1) is 0 Å². The van der Waals surface area contributed by atoms with Crippen LogP contribution in [0.15, 0.2) is 133 Å². The maximum absolute atomic E-state index is 3.62. The van der Waals surface area contributed by atoms with Gasteiger partial charge in [-0.2, -0.15) is 0 Å². The summed E-state index contributed by atoms with van der Waals surface area (Å²) in [6, 6.07) is 37.3. The fourth-order valence-corrected chi connectivity index (χ4v) is 6.05. The third-order valence-electron chi connectivity index (χ3n) is 7.32. The van der Waals surface area contributed by atoms with Crippen molar-refractivity contribution < 1.29 is 0 Å². The van der Waals surface area contributed by atoms with Gasteiger partial charge >= 0.3 is 0 Å². The SMILES string of the molecule is C1=C(Nc2ccccc2)CC=C2C(=C1)C1(c3ccccc32)c2ccccc2-c2ccccc21. The number of para-hydroxylation sites is 1. The van der Waals surface area contributed by atoms with E-state index >= 15 is 0 Å². The van der Waals surface area contributed by atoms with Crippen molar-refractivity contribution in [3.8, 4) is 11.1 Å². The van der Waals surface area contributed by atoms with E-state index in [0.29, 0.717) is 0 Å². The smallest absolute Gasteiger partial charge is 0.0725 e.